The first-order chi connectivity index (χ1) is 13.3. The minimum Gasteiger partial charge on any atom is -0.444 e. The minimum atomic E-state index is -0.513. The molecule has 3 rings (SSSR count). The van der Waals surface area contributed by atoms with Gasteiger partial charge < -0.3 is 15.0 Å². The second kappa shape index (κ2) is 8.41. The highest BCUT2D eigenvalue weighted by molar-refractivity contribution is 5.91. The number of aromatic nitrogens is 3. The lowest BCUT2D eigenvalue weighted by molar-refractivity contribution is -0.121. The number of hydrogen-bond acceptors (Lipinski definition) is 5. The van der Waals surface area contributed by atoms with Crippen LogP contribution in [0.25, 0.3) is 0 Å². The Bertz CT molecular complexity index is 805. The summed E-state index contributed by atoms with van der Waals surface area (Å²) in [6.07, 6.45) is 6.23. The Kier molecular flexibility index (Phi) is 5.96. The summed E-state index contributed by atoms with van der Waals surface area (Å²) in [6, 6.07) is 5.64. The first-order valence-electron chi connectivity index (χ1n) is 9.51. The van der Waals surface area contributed by atoms with Gasteiger partial charge in [0.2, 0.25) is 5.91 Å². The van der Waals surface area contributed by atoms with Crippen LogP contribution in [-0.4, -0.2) is 50.4 Å². The summed E-state index contributed by atoms with van der Waals surface area (Å²) in [7, 11) is 0. The summed E-state index contributed by atoms with van der Waals surface area (Å²) in [5.41, 5.74) is 0.575. The van der Waals surface area contributed by atoms with E-state index < -0.39 is 5.60 Å². The zero-order chi connectivity index (χ0) is 20.1. The summed E-state index contributed by atoms with van der Waals surface area (Å²) < 4.78 is 7.16. The molecule has 2 amide bonds. The van der Waals surface area contributed by atoms with Gasteiger partial charge in [-0.15, -0.1) is 0 Å². The van der Waals surface area contributed by atoms with Gasteiger partial charge in [-0.2, -0.15) is 5.10 Å². The van der Waals surface area contributed by atoms with Gasteiger partial charge in [0.1, 0.15) is 5.60 Å². The highest BCUT2D eigenvalue weighted by Gasteiger charge is 2.30. The molecule has 2 aromatic heterocycles. The number of likely N-dealkylation sites (tertiary alicyclic amines) is 1. The zero-order valence-corrected chi connectivity index (χ0v) is 16.6. The number of anilines is 1. The van der Waals surface area contributed by atoms with Crippen LogP contribution >= 0.6 is 0 Å². The smallest absolute Gasteiger partial charge is 0.410 e. The number of ether oxygens (including phenoxy) is 1. The minimum absolute atomic E-state index is 0.0574. The summed E-state index contributed by atoms with van der Waals surface area (Å²) in [6.45, 7) is 7.19. The maximum atomic E-state index is 12.5. The van der Waals surface area contributed by atoms with Crippen molar-refractivity contribution in [1.82, 2.24) is 19.7 Å². The van der Waals surface area contributed by atoms with Gasteiger partial charge >= 0.3 is 6.09 Å². The maximum absolute atomic E-state index is 12.5. The molecule has 0 bridgehead atoms. The number of rotatable bonds is 4. The molecule has 150 valence electrons. The molecule has 0 aliphatic carbocycles. The van der Waals surface area contributed by atoms with Gasteiger partial charge in [0, 0.05) is 43.7 Å². The molecule has 1 aliphatic heterocycles. The van der Waals surface area contributed by atoms with Gasteiger partial charge in [-0.25, -0.2) is 4.79 Å². The van der Waals surface area contributed by atoms with Crippen molar-refractivity contribution in [2.45, 2.75) is 45.8 Å². The van der Waals surface area contributed by atoms with Crippen LogP contribution in [0.3, 0.4) is 0 Å². The Morgan fingerprint density at radius 3 is 2.50 bits per heavy atom. The molecule has 1 fully saturated rings. The lowest BCUT2D eigenvalue weighted by Crippen LogP contribution is -2.43. The van der Waals surface area contributed by atoms with Gasteiger partial charge in [0.15, 0.2) is 5.82 Å². The molecule has 28 heavy (non-hydrogen) atoms. The molecule has 0 unspecified atom stereocenters. The molecule has 0 saturated carbocycles. The monoisotopic (exact) mass is 385 g/mol. The standard InChI is InChI=1S/C20H27N5O3/c1-20(2,3)28-19(27)24-11-6-16(7-12-24)18(26)22-17-8-13-25(23-17)14-15-4-9-21-10-5-15/h4-5,8-10,13,16H,6-7,11-12,14H2,1-3H3,(H,22,23,26). The molecule has 0 aromatic carbocycles. The second-order valence-corrected chi connectivity index (χ2v) is 7.98. The third-order valence-corrected chi connectivity index (χ3v) is 4.50. The SMILES string of the molecule is CC(C)(C)OC(=O)N1CCC(C(=O)Nc2ccn(Cc3ccncc3)n2)CC1. The van der Waals surface area contributed by atoms with Gasteiger partial charge in [-0.05, 0) is 51.3 Å². The largest absolute Gasteiger partial charge is 0.444 e. The maximum Gasteiger partial charge on any atom is 0.410 e. The van der Waals surface area contributed by atoms with Gasteiger partial charge in [0.05, 0.1) is 6.54 Å². The molecule has 0 radical (unpaired) electrons. The van der Waals surface area contributed by atoms with Crippen molar-refractivity contribution < 1.29 is 14.3 Å². The fourth-order valence-corrected chi connectivity index (χ4v) is 3.07. The summed E-state index contributed by atoms with van der Waals surface area (Å²) >= 11 is 0. The molecule has 0 atom stereocenters. The van der Waals surface area contributed by atoms with E-state index in [0.29, 0.717) is 38.3 Å². The van der Waals surface area contributed by atoms with Crippen molar-refractivity contribution in [2.75, 3.05) is 18.4 Å². The molecule has 3 heterocycles. The summed E-state index contributed by atoms with van der Waals surface area (Å²) in [5.74, 6) is 0.343. The molecule has 1 N–H and O–H groups in total. The van der Waals surface area contributed by atoms with Gasteiger partial charge in [-0.1, -0.05) is 0 Å². The summed E-state index contributed by atoms with van der Waals surface area (Å²) in [4.78, 5) is 30.3. The molecular weight excluding hydrogens is 358 g/mol. The van der Waals surface area contributed by atoms with E-state index in [1.165, 1.54) is 0 Å². The Morgan fingerprint density at radius 2 is 1.86 bits per heavy atom. The Morgan fingerprint density at radius 1 is 1.18 bits per heavy atom. The number of nitrogens with one attached hydrogen (secondary N) is 1. The third kappa shape index (κ3) is 5.55. The number of piperidine rings is 1. The molecule has 1 aliphatic rings. The number of nitrogens with zero attached hydrogens (tertiary/aromatic N) is 4. The normalized spacial score (nSPS) is 15.3. The number of carbonyl (C=O) groups is 2. The number of amides is 2. The van der Waals surface area contributed by atoms with Crippen LogP contribution in [0.1, 0.15) is 39.2 Å². The Balaban J connectivity index is 1.48. The molecule has 1 saturated heterocycles. The fraction of sp³-hybridized carbons (Fsp3) is 0.500. The quantitative estimate of drug-likeness (QED) is 0.874. The van der Waals surface area contributed by atoms with Crippen LogP contribution in [0.5, 0.6) is 0 Å². The predicted molar refractivity (Wildman–Crippen MR) is 105 cm³/mol. The average molecular weight is 385 g/mol. The zero-order valence-electron chi connectivity index (χ0n) is 16.6. The van der Waals surface area contributed by atoms with Crippen molar-refractivity contribution in [2.24, 2.45) is 5.92 Å². The molecule has 8 nitrogen and oxygen atoms in total. The number of pyridine rings is 1. The number of carbonyl (C=O) groups excluding carboxylic acids is 2. The van der Waals surface area contributed by atoms with Crippen LogP contribution < -0.4 is 5.32 Å². The van der Waals surface area contributed by atoms with Crippen LogP contribution in [0.4, 0.5) is 10.6 Å². The van der Waals surface area contributed by atoms with E-state index in [-0.39, 0.29) is 17.9 Å². The highest BCUT2D eigenvalue weighted by Crippen LogP contribution is 2.21. The van der Waals surface area contributed by atoms with Gasteiger partial charge in [-0.3, -0.25) is 14.5 Å². The Labute approximate surface area is 164 Å². The van der Waals surface area contributed by atoms with Crippen LogP contribution in [0.2, 0.25) is 0 Å². The lowest BCUT2D eigenvalue weighted by atomic mass is 9.96. The first-order valence-corrected chi connectivity index (χ1v) is 9.51. The van der Waals surface area contributed by atoms with Crippen molar-refractivity contribution >= 4 is 17.8 Å². The van der Waals surface area contributed by atoms with E-state index in [1.54, 1.807) is 28.0 Å². The Hall–Kier alpha value is -2.90. The van der Waals surface area contributed by atoms with E-state index in [2.05, 4.69) is 15.4 Å². The molecule has 2 aromatic rings. The highest BCUT2D eigenvalue weighted by atomic mass is 16.6. The lowest BCUT2D eigenvalue weighted by Gasteiger charge is -2.32. The van der Waals surface area contributed by atoms with E-state index in [9.17, 15) is 9.59 Å². The van der Waals surface area contributed by atoms with E-state index in [1.807, 2.05) is 39.1 Å². The molecule has 8 heteroatoms. The van der Waals surface area contributed by atoms with Crippen LogP contribution in [-0.2, 0) is 16.1 Å². The van der Waals surface area contributed by atoms with Crippen molar-refractivity contribution in [3.63, 3.8) is 0 Å². The molecular formula is C20H27N5O3. The van der Waals surface area contributed by atoms with E-state index in [0.717, 1.165) is 5.56 Å². The first kappa shape index (κ1) is 19.9. The van der Waals surface area contributed by atoms with Gasteiger partial charge in [0.25, 0.3) is 0 Å². The van der Waals surface area contributed by atoms with Crippen molar-refractivity contribution in [3.8, 4) is 0 Å². The van der Waals surface area contributed by atoms with Crippen LogP contribution in [0.15, 0.2) is 36.8 Å². The predicted octanol–water partition coefficient (Wildman–Crippen LogP) is 2.91. The van der Waals surface area contributed by atoms with E-state index >= 15 is 0 Å². The third-order valence-electron chi connectivity index (χ3n) is 4.50. The fourth-order valence-electron chi connectivity index (χ4n) is 3.07. The second-order valence-electron chi connectivity index (χ2n) is 7.98. The topological polar surface area (TPSA) is 89.4 Å². The van der Waals surface area contributed by atoms with Crippen molar-refractivity contribution in [3.05, 3.63) is 42.4 Å². The number of hydrogen-bond donors (Lipinski definition) is 1. The average Bonchev–Trinajstić information content (AvgIpc) is 3.08. The van der Waals surface area contributed by atoms with E-state index in [4.69, 9.17) is 4.74 Å². The van der Waals surface area contributed by atoms with Crippen LogP contribution in [0, 0.1) is 5.92 Å². The van der Waals surface area contributed by atoms with Crippen molar-refractivity contribution in [1.29, 1.82) is 0 Å². The molecule has 0 spiro atoms. The summed E-state index contributed by atoms with van der Waals surface area (Å²) in [5, 5.41) is 7.29.